The number of hydrogen-bond donors (Lipinski definition) is 1. The van der Waals surface area contributed by atoms with Crippen LogP contribution in [-0.4, -0.2) is 50.1 Å². The van der Waals surface area contributed by atoms with E-state index in [2.05, 4.69) is 30.8 Å². The zero-order valence-electron chi connectivity index (χ0n) is 12.6. The summed E-state index contributed by atoms with van der Waals surface area (Å²) in [5, 5.41) is 1.21. The highest BCUT2D eigenvalue weighted by atomic mass is 35.5. The zero-order chi connectivity index (χ0) is 15.1. The average molecular weight is 318 g/mol. The Balaban J connectivity index is 2.83. The zero-order valence-corrected chi connectivity index (χ0v) is 14.1. The first-order valence-corrected chi connectivity index (χ1v) is 7.79. The standard InChI is InChI=1S/C15H25Cl2N3/c1-4-20(10-6-9-19(2)3)14(11-18)12-7-5-8-13(16)15(12)17/h5,7-8,14H,4,6,9-11,18H2,1-3H3. The van der Waals surface area contributed by atoms with Gasteiger partial charge in [0.1, 0.15) is 0 Å². The highest BCUT2D eigenvalue weighted by molar-refractivity contribution is 6.42. The number of likely N-dealkylation sites (N-methyl/N-ethyl adjacent to an activating group) is 1. The van der Waals surface area contributed by atoms with Gasteiger partial charge in [-0.3, -0.25) is 4.90 Å². The molecule has 0 aliphatic rings. The molecule has 0 saturated heterocycles. The molecule has 0 aromatic heterocycles. The maximum absolute atomic E-state index is 6.33. The Hall–Kier alpha value is -0.320. The van der Waals surface area contributed by atoms with Crippen molar-refractivity contribution in [3.05, 3.63) is 33.8 Å². The Labute approximate surface area is 132 Å². The van der Waals surface area contributed by atoms with Crippen LogP contribution in [0.2, 0.25) is 10.0 Å². The van der Waals surface area contributed by atoms with E-state index >= 15 is 0 Å². The Bertz CT molecular complexity index is 410. The van der Waals surface area contributed by atoms with Crippen LogP contribution in [0.3, 0.4) is 0 Å². The summed E-state index contributed by atoms with van der Waals surface area (Å²) < 4.78 is 0. The number of benzene rings is 1. The molecule has 0 amide bonds. The average Bonchev–Trinajstić information content (AvgIpc) is 2.41. The number of halogens is 2. The normalized spacial score (nSPS) is 13.2. The molecule has 1 aromatic rings. The monoisotopic (exact) mass is 317 g/mol. The molecule has 3 nitrogen and oxygen atoms in total. The Morgan fingerprint density at radius 3 is 2.45 bits per heavy atom. The molecule has 5 heteroatoms. The second-order valence-corrected chi connectivity index (χ2v) is 5.97. The molecular formula is C15H25Cl2N3. The largest absolute Gasteiger partial charge is 0.329 e. The quantitative estimate of drug-likeness (QED) is 0.798. The lowest BCUT2D eigenvalue weighted by Gasteiger charge is -2.31. The Morgan fingerprint density at radius 2 is 1.90 bits per heavy atom. The third-order valence-electron chi connectivity index (χ3n) is 3.46. The molecule has 1 aromatic carbocycles. The fourth-order valence-electron chi connectivity index (χ4n) is 2.37. The second kappa shape index (κ2) is 8.85. The van der Waals surface area contributed by atoms with Gasteiger partial charge in [0.2, 0.25) is 0 Å². The Morgan fingerprint density at radius 1 is 1.20 bits per heavy atom. The van der Waals surface area contributed by atoms with Crippen molar-refractivity contribution in [2.75, 3.05) is 40.3 Å². The highest BCUT2D eigenvalue weighted by Gasteiger charge is 2.20. The molecule has 0 bridgehead atoms. The summed E-state index contributed by atoms with van der Waals surface area (Å²) >= 11 is 12.4. The third-order valence-corrected chi connectivity index (χ3v) is 4.29. The van der Waals surface area contributed by atoms with Gasteiger partial charge in [0.15, 0.2) is 0 Å². The van der Waals surface area contributed by atoms with Gasteiger partial charge in [-0.25, -0.2) is 0 Å². The first kappa shape index (κ1) is 17.7. The molecule has 0 fully saturated rings. The molecule has 1 atom stereocenters. The summed E-state index contributed by atoms with van der Waals surface area (Å²) in [5.74, 6) is 0. The van der Waals surface area contributed by atoms with E-state index in [0.29, 0.717) is 16.6 Å². The van der Waals surface area contributed by atoms with E-state index < -0.39 is 0 Å². The van der Waals surface area contributed by atoms with Crippen molar-refractivity contribution in [2.45, 2.75) is 19.4 Å². The number of rotatable bonds is 8. The number of nitrogens with zero attached hydrogens (tertiary/aromatic N) is 2. The van der Waals surface area contributed by atoms with Crippen molar-refractivity contribution in [3.8, 4) is 0 Å². The van der Waals surface area contributed by atoms with E-state index in [0.717, 1.165) is 31.6 Å². The minimum absolute atomic E-state index is 0.119. The van der Waals surface area contributed by atoms with Crippen molar-refractivity contribution in [2.24, 2.45) is 5.73 Å². The predicted octanol–water partition coefficient (Wildman–Crippen LogP) is 3.27. The summed E-state index contributed by atoms with van der Waals surface area (Å²) in [6.45, 7) is 5.70. The van der Waals surface area contributed by atoms with Gasteiger partial charge in [-0.05, 0) is 45.2 Å². The first-order chi connectivity index (χ1) is 9.51. The van der Waals surface area contributed by atoms with Gasteiger partial charge in [-0.15, -0.1) is 0 Å². The van der Waals surface area contributed by atoms with E-state index in [-0.39, 0.29) is 6.04 Å². The third kappa shape index (κ3) is 4.90. The van der Waals surface area contributed by atoms with Crippen LogP contribution < -0.4 is 5.73 Å². The molecule has 1 unspecified atom stereocenters. The lowest BCUT2D eigenvalue weighted by atomic mass is 10.0. The first-order valence-electron chi connectivity index (χ1n) is 7.04. The molecule has 2 N–H and O–H groups in total. The molecule has 0 saturated carbocycles. The van der Waals surface area contributed by atoms with Crippen LogP contribution >= 0.6 is 23.2 Å². The second-order valence-electron chi connectivity index (χ2n) is 5.18. The van der Waals surface area contributed by atoms with Crippen LogP contribution in [0.5, 0.6) is 0 Å². The molecular weight excluding hydrogens is 293 g/mol. The molecule has 0 radical (unpaired) electrons. The van der Waals surface area contributed by atoms with E-state index in [4.69, 9.17) is 28.9 Å². The van der Waals surface area contributed by atoms with Crippen molar-refractivity contribution in [3.63, 3.8) is 0 Å². The molecule has 0 aliphatic heterocycles. The van der Waals surface area contributed by atoms with E-state index in [9.17, 15) is 0 Å². The van der Waals surface area contributed by atoms with Gasteiger partial charge < -0.3 is 10.6 Å². The van der Waals surface area contributed by atoms with Crippen LogP contribution in [0, 0.1) is 0 Å². The van der Waals surface area contributed by atoms with Crippen molar-refractivity contribution >= 4 is 23.2 Å². The van der Waals surface area contributed by atoms with E-state index in [1.165, 1.54) is 0 Å². The molecule has 0 aliphatic carbocycles. The van der Waals surface area contributed by atoms with Crippen LogP contribution in [0.4, 0.5) is 0 Å². The van der Waals surface area contributed by atoms with Crippen LogP contribution in [0.15, 0.2) is 18.2 Å². The molecule has 0 spiro atoms. The summed E-state index contributed by atoms with van der Waals surface area (Å²) in [5.41, 5.74) is 7.00. The fraction of sp³-hybridized carbons (Fsp3) is 0.600. The lowest BCUT2D eigenvalue weighted by molar-refractivity contribution is 0.201. The van der Waals surface area contributed by atoms with Crippen molar-refractivity contribution in [1.82, 2.24) is 9.80 Å². The van der Waals surface area contributed by atoms with Crippen LogP contribution in [-0.2, 0) is 0 Å². The fourth-order valence-corrected chi connectivity index (χ4v) is 2.81. The molecule has 20 heavy (non-hydrogen) atoms. The number of hydrogen-bond acceptors (Lipinski definition) is 3. The topological polar surface area (TPSA) is 32.5 Å². The van der Waals surface area contributed by atoms with Gasteiger partial charge in [0.25, 0.3) is 0 Å². The van der Waals surface area contributed by atoms with Crippen molar-refractivity contribution in [1.29, 1.82) is 0 Å². The van der Waals surface area contributed by atoms with Crippen LogP contribution in [0.1, 0.15) is 24.9 Å². The lowest BCUT2D eigenvalue weighted by Crippen LogP contribution is -2.35. The van der Waals surface area contributed by atoms with Gasteiger partial charge in [-0.2, -0.15) is 0 Å². The number of nitrogens with two attached hydrogens (primary N) is 1. The smallest absolute Gasteiger partial charge is 0.0640 e. The highest BCUT2D eigenvalue weighted by Crippen LogP contribution is 2.32. The molecule has 1 rings (SSSR count). The predicted molar refractivity (Wildman–Crippen MR) is 88.7 cm³/mol. The van der Waals surface area contributed by atoms with E-state index in [1.54, 1.807) is 0 Å². The summed E-state index contributed by atoms with van der Waals surface area (Å²) in [4.78, 5) is 4.55. The summed E-state index contributed by atoms with van der Waals surface area (Å²) in [6.07, 6.45) is 1.11. The van der Waals surface area contributed by atoms with Gasteiger partial charge in [-0.1, -0.05) is 42.3 Å². The minimum atomic E-state index is 0.119. The summed E-state index contributed by atoms with van der Waals surface area (Å²) in [6, 6.07) is 5.87. The summed E-state index contributed by atoms with van der Waals surface area (Å²) in [7, 11) is 4.18. The van der Waals surface area contributed by atoms with Gasteiger partial charge in [0.05, 0.1) is 10.0 Å². The Kier molecular flexibility index (Phi) is 7.85. The minimum Gasteiger partial charge on any atom is -0.329 e. The van der Waals surface area contributed by atoms with Gasteiger partial charge >= 0.3 is 0 Å². The van der Waals surface area contributed by atoms with E-state index in [1.807, 2.05) is 18.2 Å². The van der Waals surface area contributed by atoms with Gasteiger partial charge in [0, 0.05) is 19.1 Å². The maximum atomic E-state index is 6.33. The maximum Gasteiger partial charge on any atom is 0.0640 e. The van der Waals surface area contributed by atoms with Crippen molar-refractivity contribution < 1.29 is 0 Å². The molecule has 114 valence electrons. The SMILES string of the molecule is CCN(CCCN(C)C)C(CN)c1cccc(Cl)c1Cl. The van der Waals surface area contributed by atoms with Crippen LogP contribution in [0.25, 0.3) is 0 Å². The molecule has 0 heterocycles.